The molecule has 1 aliphatic rings. The number of benzene rings is 1. The summed E-state index contributed by atoms with van der Waals surface area (Å²) in [6.45, 7) is 0. The Morgan fingerprint density at radius 3 is 2.72 bits per heavy atom. The molecule has 1 aromatic carbocycles. The van der Waals surface area contributed by atoms with Gasteiger partial charge in [-0.25, -0.2) is 4.68 Å². The first-order chi connectivity index (χ1) is 8.60. The molecule has 0 saturated heterocycles. The van der Waals surface area contributed by atoms with E-state index in [1.165, 1.54) is 11.1 Å². The topological polar surface area (TPSA) is 50.9 Å². The lowest BCUT2D eigenvalue weighted by Crippen LogP contribution is -2.35. The highest BCUT2D eigenvalue weighted by molar-refractivity contribution is 9.10. The first-order valence-electron chi connectivity index (χ1n) is 5.95. The third kappa shape index (κ3) is 1.78. The van der Waals surface area contributed by atoms with Crippen LogP contribution in [0.15, 0.2) is 28.9 Å². The third-order valence-electron chi connectivity index (χ3n) is 3.64. The molecule has 3 rings (SSSR count). The number of aryl methyl sites for hydroxylation is 2. The normalized spacial score (nSPS) is 22.8. The molecule has 1 heterocycles. The van der Waals surface area contributed by atoms with Crippen molar-refractivity contribution in [2.75, 3.05) is 0 Å². The van der Waals surface area contributed by atoms with Gasteiger partial charge in [-0.1, -0.05) is 29.5 Å². The Morgan fingerprint density at radius 2 is 2.06 bits per heavy atom. The molecule has 1 aromatic heterocycles. The molecule has 94 valence electrons. The Hall–Kier alpha value is -1.20. The number of hydrogen-bond donors (Lipinski definition) is 1. The van der Waals surface area contributed by atoms with Crippen LogP contribution in [0.4, 0.5) is 0 Å². The molecule has 1 aliphatic carbocycles. The van der Waals surface area contributed by atoms with Gasteiger partial charge in [-0.05, 0) is 39.9 Å². The van der Waals surface area contributed by atoms with Gasteiger partial charge in [0.15, 0.2) is 4.60 Å². The van der Waals surface area contributed by atoms with E-state index < -0.39 is 5.60 Å². The lowest BCUT2D eigenvalue weighted by molar-refractivity contribution is 0.0136. The van der Waals surface area contributed by atoms with Crippen LogP contribution in [0, 0.1) is 0 Å². The summed E-state index contributed by atoms with van der Waals surface area (Å²) in [5, 5.41) is 18.8. The van der Waals surface area contributed by atoms with Gasteiger partial charge in [0.2, 0.25) is 0 Å². The van der Waals surface area contributed by atoms with Gasteiger partial charge in [-0.3, -0.25) is 0 Å². The van der Waals surface area contributed by atoms with Gasteiger partial charge in [0.05, 0.1) is 0 Å². The number of hydrogen-bond acceptors (Lipinski definition) is 3. The highest BCUT2D eigenvalue weighted by Crippen LogP contribution is 2.38. The summed E-state index contributed by atoms with van der Waals surface area (Å²) < 4.78 is 2.28. The van der Waals surface area contributed by atoms with Crippen LogP contribution in [0.25, 0.3) is 0 Å². The van der Waals surface area contributed by atoms with E-state index >= 15 is 0 Å². The number of rotatable bonds is 1. The lowest BCUT2D eigenvalue weighted by Gasteiger charge is -2.33. The molecular weight excluding hydrogens is 294 g/mol. The van der Waals surface area contributed by atoms with Crippen molar-refractivity contribution in [2.45, 2.75) is 24.9 Å². The maximum Gasteiger partial charge on any atom is 0.154 e. The Labute approximate surface area is 114 Å². The molecule has 0 spiro atoms. The summed E-state index contributed by atoms with van der Waals surface area (Å²) in [5.41, 5.74) is 2.41. The highest BCUT2D eigenvalue weighted by Gasteiger charge is 2.38. The second-order valence-electron chi connectivity index (χ2n) is 4.83. The van der Waals surface area contributed by atoms with Crippen molar-refractivity contribution < 1.29 is 5.11 Å². The summed E-state index contributed by atoms with van der Waals surface area (Å²) in [5.74, 6) is 0. The van der Waals surface area contributed by atoms with Crippen LogP contribution in [-0.4, -0.2) is 20.1 Å². The SMILES string of the molecule is Cn1nnc(Br)c1C1(O)CCc2ccccc2C1. The first kappa shape index (κ1) is 11.9. The van der Waals surface area contributed by atoms with Gasteiger partial charge in [-0.2, -0.15) is 0 Å². The van der Waals surface area contributed by atoms with E-state index in [-0.39, 0.29) is 0 Å². The van der Waals surface area contributed by atoms with Gasteiger partial charge in [0.25, 0.3) is 0 Å². The fourth-order valence-electron chi connectivity index (χ4n) is 2.75. The number of nitrogens with zero attached hydrogens (tertiary/aromatic N) is 3. The molecule has 0 amide bonds. The summed E-state index contributed by atoms with van der Waals surface area (Å²) in [7, 11) is 1.81. The Morgan fingerprint density at radius 1 is 1.33 bits per heavy atom. The number of aromatic nitrogens is 3. The highest BCUT2D eigenvalue weighted by atomic mass is 79.9. The van der Waals surface area contributed by atoms with Gasteiger partial charge in [0, 0.05) is 13.5 Å². The fourth-order valence-corrected chi connectivity index (χ4v) is 3.44. The summed E-state index contributed by atoms with van der Waals surface area (Å²) in [4.78, 5) is 0. The van der Waals surface area contributed by atoms with Crippen molar-refractivity contribution in [1.82, 2.24) is 15.0 Å². The van der Waals surface area contributed by atoms with Crippen LogP contribution in [0.3, 0.4) is 0 Å². The molecule has 0 bridgehead atoms. The van der Waals surface area contributed by atoms with Crippen LogP contribution in [0.5, 0.6) is 0 Å². The zero-order valence-corrected chi connectivity index (χ0v) is 11.7. The summed E-state index contributed by atoms with van der Waals surface area (Å²) in [6, 6.07) is 8.27. The van der Waals surface area contributed by atoms with E-state index in [0.29, 0.717) is 17.4 Å². The Bertz CT molecular complexity index is 576. The van der Waals surface area contributed by atoms with E-state index in [2.05, 4.69) is 38.4 Å². The number of aliphatic hydroxyl groups is 1. The predicted octanol–water partition coefficient (Wildman–Crippen LogP) is 1.95. The number of fused-ring (bicyclic) bond motifs is 1. The molecule has 5 heteroatoms. The Kier molecular flexibility index (Phi) is 2.75. The smallest absolute Gasteiger partial charge is 0.154 e. The van der Waals surface area contributed by atoms with E-state index in [0.717, 1.165) is 12.1 Å². The molecule has 4 nitrogen and oxygen atoms in total. The maximum atomic E-state index is 10.9. The maximum absolute atomic E-state index is 10.9. The monoisotopic (exact) mass is 307 g/mol. The van der Waals surface area contributed by atoms with E-state index in [4.69, 9.17) is 0 Å². The minimum absolute atomic E-state index is 0.614. The molecule has 1 unspecified atom stereocenters. The molecule has 2 aromatic rings. The summed E-state index contributed by atoms with van der Waals surface area (Å²) in [6.07, 6.45) is 2.19. The van der Waals surface area contributed by atoms with Gasteiger partial charge < -0.3 is 5.11 Å². The standard InChI is InChI=1S/C13H14BrN3O/c1-17-11(12(14)15-16-17)13(18)7-6-9-4-2-3-5-10(9)8-13/h2-5,18H,6-8H2,1H3. The Balaban J connectivity index is 2.04. The zero-order chi connectivity index (χ0) is 12.8. The molecule has 1 atom stereocenters. The quantitative estimate of drug-likeness (QED) is 0.876. The van der Waals surface area contributed by atoms with Crippen LogP contribution >= 0.6 is 15.9 Å². The van der Waals surface area contributed by atoms with Crippen molar-refractivity contribution in [3.05, 3.63) is 45.7 Å². The van der Waals surface area contributed by atoms with Gasteiger partial charge >= 0.3 is 0 Å². The molecule has 1 N–H and O–H groups in total. The first-order valence-corrected chi connectivity index (χ1v) is 6.74. The molecular formula is C13H14BrN3O. The van der Waals surface area contributed by atoms with Gasteiger partial charge in [0.1, 0.15) is 11.3 Å². The largest absolute Gasteiger partial charge is 0.383 e. The second kappa shape index (κ2) is 4.17. The van der Waals surface area contributed by atoms with Crippen LogP contribution in [0.1, 0.15) is 23.2 Å². The number of halogens is 1. The average Bonchev–Trinajstić information content (AvgIpc) is 2.69. The molecule has 0 radical (unpaired) electrons. The van der Waals surface area contributed by atoms with E-state index in [1.54, 1.807) is 4.68 Å². The lowest BCUT2D eigenvalue weighted by atomic mass is 9.79. The fraction of sp³-hybridized carbons (Fsp3) is 0.385. The van der Waals surface area contributed by atoms with Crippen LogP contribution in [0.2, 0.25) is 0 Å². The van der Waals surface area contributed by atoms with E-state index in [9.17, 15) is 5.11 Å². The molecule has 0 fully saturated rings. The molecule has 18 heavy (non-hydrogen) atoms. The van der Waals surface area contributed by atoms with Crippen molar-refractivity contribution in [1.29, 1.82) is 0 Å². The van der Waals surface area contributed by atoms with Crippen molar-refractivity contribution >= 4 is 15.9 Å². The van der Waals surface area contributed by atoms with E-state index in [1.807, 2.05) is 19.2 Å². The van der Waals surface area contributed by atoms with Crippen molar-refractivity contribution in [3.8, 4) is 0 Å². The summed E-state index contributed by atoms with van der Waals surface area (Å²) >= 11 is 3.37. The van der Waals surface area contributed by atoms with Crippen LogP contribution < -0.4 is 0 Å². The minimum atomic E-state index is -0.883. The zero-order valence-electron chi connectivity index (χ0n) is 10.1. The third-order valence-corrected chi connectivity index (χ3v) is 4.17. The second-order valence-corrected chi connectivity index (χ2v) is 5.58. The predicted molar refractivity (Wildman–Crippen MR) is 71.1 cm³/mol. The average molecular weight is 308 g/mol. The van der Waals surface area contributed by atoms with Crippen molar-refractivity contribution in [2.24, 2.45) is 7.05 Å². The van der Waals surface area contributed by atoms with Crippen LogP contribution in [-0.2, 0) is 25.5 Å². The van der Waals surface area contributed by atoms with Crippen molar-refractivity contribution in [3.63, 3.8) is 0 Å². The van der Waals surface area contributed by atoms with Gasteiger partial charge in [-0.15, -0.1) is 5.10 Å². The molecule has 0 aliphatic heterocycles. The molecule has 0 saturated carbocycles. The minimum Gasteiger partial charge on any atom is -0.383 e.